The number of hydrogen-bond acceptors (Lipinski definition) is 2. The van der Waals surface area contributed by atoms with Crippen LogP contribution in [0, 0.1) is 0 Å². The van der Waals surface area contributed by atoms with Crippen LogP contribution in [0.3, 0.4) is 0 Å². The molecule has 0 bridgehead atoms. The zero-order chi connectivity index (χ0) is 38.5. The Morgan fingerprint density at radius 2 is 0.540 bits per heavy atom. The number of benzene rings is 3. The fourth-order valence-corrected chi connectivity index (χ4v) is 10.5. The highest BCUT2D eigenvalue weighted by molar-refractivity contribution is 7.97. The van der Waals surface area contributed by atoms with Crippen LogP contribution in [0.1, 0.15) is 228 Å². The van der Waals surface area contributed by atoms with E-state index in [1.807, 2.05) is 0 Å². The number of rotatable bonds is 12. The van der Waals surface area contributed by atoms with Gasteiger partial charge in [0.1, 0.15) is 10.9 Å². The molecule has 278 valence electrons. The molecule has 4 heteroatoms. The number of carboxylic acid groups (broad SMARTS) is 2. The van der Waals surface area contributed by atoms with Gasteiger partial charge in [0.25, 0.3) is 0 Å². The van der Waals surface area contributed by atoms with Crippen molar-refractivity contribution in [3.8, 4) is 0 Å². The molecule has 0 aliphatic carbocycles. The van der Waals surface area contributed by atoms with Gasteiger partial charge in [-0.25, -0.2) is 0 Å². The highest BCUT2D eigenvalue weighted by Gasteiger charge is 2.44. The molecule has 3 aromatic rings. The first-order valence-corrected chi connectivity index (χ1v) is 20.4. The minimum absolute atomic E-state index is 0.272. The van der Waals surface area contributed by atoms with Gasteiger partial charge in [-0.1, -0.05) is 161 Å². The monoisotopic (exact) mass is 703 g/mol. The van der Waals surface area contributed by atoms with E-state index in [1.54, 1.807) is 48.1 Å². The van der Waals surface area contributed by atoms with Crippen LogP contribution in [0.15, 0.2) is 51.1 Å². The molecule has 0 heterocycles. The van der Waals surface area contributed by atoms with E-state index >= 15 is 0 Å². The molecule has 0 aliphatic heterocycles. The molecule has 0 atom stereocenters. The van der Waals surface area contributed by atoms with Crippen LogP contribution in [-0.4, -0.2) is 11.3 Å². The third-order valence-corrected chi connectivity index (χ3v) is 12.5. The molecule has 0 saturated carbocycles. The molecule has 0 aromatic heterocycles. The zero-order valence-corrected chi connectivity index (χ0v) is 35.6. The van der Waals surface area contributed by atoms with E-state index in [0.29, 0.717) is 53.3 Å². The van der Waals surface area contributed by atoms with Crippen LogP contribution in [0.25, 0.3) is 0 Å². The molecule has 3 aromatic carbocycles. The molecule has 0 radical (unpaired) electrons. The van der Waals surface area contributed by atoms with Gasteiger partial charge in [-0.3, -0.25) is 0 Å². The molecule has 0 aliphatic rings. The van der Waals surface area contributed by atoms with Crippen molar-refractivity contribution in [2.45, 2.75) is 193 Å². The maximum absolute atomic E-state index is 8.44. The second kappa shape index (κ2) is 18.2. The van der Waals surface area contributed by atoms with Gasteiger partial charge in [-0.2, -0.15) is 0 Å². The van der Waals surface area contributed by atoms with E-state index < -0.39 is 6.16 Å². The van der Waals surface area contributed by atoms with Gasteiger partial charge in [0.2, 0.25) is 6.16 Å². The highest BCUT2D eigenvalue weighted by Crippen LogP contribution is 2.50. The minimum Gasteiger partial charge on any atom is -0.565 e. The fraction of sp³-hybridized carbons (Fsp3) is 0.587. The fourth-order valence-electron chi connectivity index (χ4n) is 6.68. The molecule has 0 amide bonds. The van der Waals surface area contributed by atoms with E-state index in [-0.39, 0.29) is 10.9 Å². The largest absolute Gasteiger partial charge is 0.565 e. The van der Waals surface area contributed by atoms with Crippen LogP contribution in [-0.2, 0) is 10.9 Å². The SMILES string of the molecule is CC(C)c1cc(C(C)C)c([S+](c2c(C(C)C)cc(C(C)C)cc2C(C)C)c2c(C(C)C)cc(C(C)C)cc2C(C)C)c(C(C)C)c1.O=C([O-])O. The van der Waals surface area contributed by atoms with Crippen molar-refractivity contribution in [1.29, 1.82) is 0 Å². The van der Waals surface area contributed by atoms with Gasteiger partial charge in [0, 0.05) is 33.4 Å². The van der Waals surface area contributed by atoms with Gasteiger partial charge in [-0.15, -0.1) is 0 Å². The van der Waals surface area contributed by atoms with E-state index in [9.17, 15) is 0 Å². The summed E-state index contributed by atoms with van der Waals surface area (Å²) in [7, 11) is -0.272. The van der Waals surface area contributed by atoms with E-state index in [1.165, 1.54) is 16.7 Å². The molecular weight excluding hydrogens is 633 g/mol. The quantitative estimate of drug-likeness (QED) is 0.191. The molecule has 0 spiro atoms. The average molecular weight is 703 g/mol. The first kappa shape index (κ1) is 43.4. The molecular formula is C46H70O3S. The lowest BCUT2D eigenvalue weighted by molar-refractivity contribution is -0.275. The maximum atomic E-state index is 8.44. The molecule has 0 unspecified atom stereocenters. The summed E-state index contributed by atoms with van der Waals surface area (Å²) < 4.78 is 0. The van der Waals surface area contributed by atoms with Gasteiger partial charge in [0.15, 0.2) is 14.7 Å². The topological polar surface area (TPSA) is 60.4 Å². The Hall–Kier alpha value is -2.72. The Morgan fingerprint density at radius 1 is 0.400 bits per heavy atom. The Morgan fingerprint density at radius 3 is 0.640 bits per heavy atom. The summed E-state index contributed by atoms with van der Waals surface area (Å²) in [6, 6.07) is 15.6. The normalized spacial score (nSPS) is 12.2. The van der Waals surface area contributed by atoms with E-state index in [4.69, 9.17) is 15.0 Å². The minimum atomic E-state index is -2.08. The van der Waals surface area contributed by atoms with Gasteiger partial charge in [0.05, 0.1) is 0 Å². The first-order chi connectivity index (χ1) is 23.0. The second-order valence-corrected chi connectivity index (χ2v) is 18.9. The van der Waals surface area contributed by atoms with Crippen LogP contribution in [0.4, 0.5) is 4.79 Å². The third kappa shape index (κ3) is 10.2. The van der Waals surface area contributed by atoms with Crippen molar-refractivity contribution in [3.05, 3.63) is 86.5 Å². The molecule has 1 N–H and O–H groups in total. The van der Waals surface area contributed by atoms with Crippen LogP contribution < -0.4 is 5.11 Å². The zero-order valence-electron chi connectivity index (χ0n) is 34.8. The predicted octanol–water partition coefficient (Wildman–Crippen LogP) is 13.8. The van der Waals surface area contributed by atoms with Gasteiger partial charge < -0.3 is 15.0 Å². The summed E-state index contributed by atoms with van der Waals surface area (Å²) in [5.41, 5.74) is 13.7. The summed E-state index contributed by atoms with van der Waals surface area (Å²) in [5, 5.41) is 15.3. The van der Waals surface area contributed by atoms with Crippen LogP contribution in [0.2, 0.25) is 0 Å². The van der Waals surface area contributed by atoms with Crippen molar-refractivity contribution >= 4 is 17.1 Å². The Labute approximate surface area is 310 Å². The van der Waals surface area contributed by atoms with Gasteiger partial charge in [-0.05, 0) is 70.0 Å². The maximum Gasteiger partial charge on any atom is 0.249 e. The molecule has 0 fully saturated rings. The third-order valence-electron chi connectivity index (χ3n) is 9.85. The summed E-state index contributed by atoms with van der Waals surface area (Å²) in [4.78, 5) is 13.3. The Kier molecular flexibility index (Phi) is 15.8. The van der Waals surface area contributed by atoms with Crippen LogP contribution in [0.5, 0.6) is 0 Å². The summed E-state index contributed by atoms with van der Waals surface area (Å²) in [6.07, 6.45) is -2.08. The van der Waals surface area contributed by atoms with Crippen molar-refractivity contribution < 1.29 is 15.0 Å². The van der Waals surface area contributed by atoms with Crippen molar-refractivity contribution in [2.24, 2.45) is 0 Å². The number of carbonyl (C=O) groups is 1. The van der Waals surface area contributed by atoms with Crippen LogP contribution >= 0.6 is 0 Å². The number of hydrogen-bond donors (Lipinski definition) is 1. The highest BCUT2D eigenvalue weighted by atomic mass is 32.2. The molecule has 3 nitrogen and oxygen atoms in total. The summed E-state index contributed by atoms with van der Waals surface area (Å²) in [5.74, 6) is 4.08. The van der Waals surface area contributed by atoms with Crippen molar-refractivity contribution in [1.82, 2.24) is 0 Å². The van der Waals surface area contributed by atoms with Crippen molar-refractivity contribution in [2.75, 3.05) is 0 Å². The standard InChI is InChI=1S/C45H69S.CH2O3/c1-25(2)34-19-37(28(7)8)43(38(20-34)29(9)10)46(44-39(30(11)12)21-35(26(3)4)22-40(44)31(13)14)45-41(32(15)16)23-36(27(5)6)24-42(45)33(17)18;2-1(3)4/h19-33H,1-18H3;(H2,2,3,4)/q+1;/p-1. The summed E-state index contributed by atoms with van der Waals surface area (Å²) in [6.45, 7) is 43.3. The van der Waals surface area contributed by atoms with E-state index in [2.05, 4.69) is 161 Å². The molecule has 0 saturated heterocycles. The van der Waals surface area contributed by atoms with Crippen molar-refractivity contribution in [3.63, 3.8) is 0 Å². The lowest BCUT2D eigenvalue weighted by Crippen LogP contribution is -2.22. The summed E-state index contributed by atoms with van der Waals surface area (Å²) >= 11 is 0. The first-order valence-electron chi connectivity index (χ1n) is 19.2. The second-order valence-electron chi connectivity index (χ2n) is 17.0. The van der Waals surface area contributed by atoms with Gasteiger partial charge >= 0.3 is 0 Å². The average Bonchev–Trinajstić information content (AvgIpc) is 2.99. The lowest BCUT2D eigenvalue weighted by atomic mass is 9.89. The Bertz CT molecular complexity index is 1320. The van der Waals surface area contributed by atoms with E-state index in [0.717, 1.165) is 0 Å². The molecule has 50 heavy (non-hydrogen) atoms. The Balaban J connectivity index is 0.00000205. The lowest BCUT2D eigenvalue weighted by Gasteiger charge is -2.29. The predicted molar refractivity (Wildman–Crippen MR) is 216 cm³/mol. The molecule has 3 rings (SSSR count). The smallest absolute Gasteiger partial charge is 0.249 e.